The van der Waals surface area contributed by atoms with Crippen LogP contribution in [-0.2, 0) is 11.8 Å². The molecule has 0 saturated carbocycles. The highest BCUT2D eigenvalue weighted by Gasteiger charge is 2.16. The van der Waals surface area contributed by atoms with Gasteiger partial charge in [-0.1, -0.05) is 35.5 Å². The lowest BCUT2D eigenvalue weighted by atomic mass is 10.0. The van der Waals surface area contributed by atoms with Gasteiger partial charge in [-0.05, 0) is 38.1 Å². The number of aromatic nitrogens is 3. The lowest BCUT2D eigenvalue weighted by molar-refractivity contribution is -0.113. The fourth-order valence-corrected chi connectivity index (χ4v) is 3.71. The average Bonchev–Trinajstić information content (AvgIpc) is 3.17. The summed E-state index contributed by atoms with van der Waals surface area (Å²) in [7, 11) is 3.42. The largest absolute Gasteiger partial charge is 0.496 e. The molecule has 162 valence electrons. The summed E-state index contributed by atoms with van der Waals surface area (Å²) in [6.45, 7) is 3.90. The van der Waals surface area contributed by atoms with E-state index in [1.165, 1.54) is 11.8 Å². The van der Waals surface area contributed by atoms with Crippen molar-refractivity contribution in [3.63, 3.8) is 0 Å². The van der Waals surface area contributed by atoms with Crippen LogP contribution in [0.3, 0.4) is 0 Å². The van der Waals surface area contributed by atoms with Gasteiger partial charge in [-0.3, -0.25) is 9.59 Å². The minimum atomic E-state index is -0.247. The first-order valence-electron chi connectivity index (χ1n) is 9.69. The number of nitrogens with one attached hydrogen (secondary N) is 2. The third kappa shape index (κ3) is 5.85. The number of ether oxygens (including phenoxy) is 1. The van der Waals surface area contributed by atoms with Crippen LogP contribution in [0.4, 0.5) is 5.69 Å². The summed E-state index contributed by atoms with van der Waals surface area (Å²) in [4.78, 5) is 25.0. The van der Waals surface area contributed by atoms with Gasteiger partial charge < -0.3 is 19.9 Å². The van der Waals surface area contributed by atoms with Crippen LogP contribution in [0.15, 0.2) is 53.9 Å². The molecule has 31 heavy (non-hydrogen) atoms. The van der Waals surface area contributed by atoms with Crippen molar-refractivity contribution >= 4 is 29.3 Å². The average molecular weight is 440 g/mol. The molecule has 0 spiro atoms. The number of methoxy groups -OCH3 is 1. The standard InChI is InChI=1S/C22H25N5O3S/c1-14-8-9-19(30-4)18(10-14)15(2)24-21(29)16-6-5-7-17(11-16)25-20(28)12-31-22-26-23-13-27(22)3/h5-11,13,15H,12H2,1-4H3,(H,24,29)(H,25,28). The first-order valence-corrected chi connectivity index (χ1v) is 10.7. The Bertz CT molecular complexity index is 1080. The summed E-state index contributed by atoms with van der Waals surface area (Å²) < 4.78 is 7.16. The molecule has 0 bridgehead atoms. The van der Waals surface area contributed by atoms with Gasteiger partial charge in [0.2, 0.25) is 5.91 Å². The van der Waals surface area contributed by atoms with Gasteiger partial charge in [0.15, 0.2) is 5.16 Å². The number of carbonyl (C=O) groups excluding carboxylic acids is 2. The van der Waals surface area contributed by atoms with E-state index < -0.39 is 0 Å². The van der Waals surface area contributed by atoms with E-state index in [4.69, 9.17) is 4.74 Å². The minimum Gasteiger partial charge on any atom is -0.496 e. The maximum Gasteiger partial charge on any atom is 0.251 e. The molecule has 1 aromatic heterocycles. The molecule has 2 N–H and O–H groups in total. The van der Waals surface area contributed by atoms with Gasteiger partial charge in [0, 0.05) is 23.9 Å². The van der Waals surface area contributed by atoms with Crippen LogP contribution in [0, 0.1) is 6.92 Å². The first-order chi connectivity index (χ1) is 14.9. The van der Waals surface area contributed by atoms with E-state index in [9.17, 15) is 9.59 Å². The van der Waals surface area contributed by atoms with Gasteiger partial charge in [-0.15, -0.1) is 10.2 Å². The summed E-state index contributed by atoms with van der Waals surface area (Å²) in [6, 6.07) is 12.4. The summed E-state index contributed by atoms with van der Waals surface area (Å²) in [6.07, 6.45) is 1.58. The number of rotatable bonds is 8. The number of thioether (sulfide) groups is 1. The van der Waals surface area contributed by atoms with Gasteiger partial charge >= 0.3 is 0 Å². The van der Waals surface area contributed by atoms with Crippen molar-refractivity contribution in [2.45, 2.75) is 25.0 Å². The molecule has 0 saturated heterocycles. The summed E-state index contributed by atoms with van der Waals surface area (Å²) in [5.74, 6) is 0.483. The molecule has 0 radical (unpaired) electrons. The zero-order chi connectivity index (χ0) is 22.4. The second-order valence-electron chi connectivity index (χ2n) is 7.08. The van der Waals surface area contributed by atoms with Gasteiger partial charge in [0.25, 0.3) is 5.91 Å². The van der Waals surface area contributed by atoms with Gasteiger partial charge in [0.05, 0.1) is 18.9 Å². The molecule has 8 nitrogen and oxygen atoms in total. The van der Waals surface area contributed by atoms with E-state index >= 15 is 0 Å². The van der Waals surface area contributed by atoms with Crippen molar-refractivity contribution < 1.29 is 14.3 Å². The molecule has 3 rings (SSSR count). The van der Waals surface area contributed by atoms with E-state index in [1.54, 1.807) is 42.3 Å². The fourth-order valence-electron chi connectivity index (χ4n) is 3.02. The Morgan fingerprint density at radius 3 is 2.74 bits per heavy atom. The molecule has 1 atom stereocenters. The maximum atomic E-state index is 12.8. The molecule has 0 fully saturated rings. The molecule has 2 amide bonds. The minimum absolute atomic E-state index is 0.188. The Morgan fingerprint density at radius 2 is 2.03 bits per heavy atom. The maximum absolute atomic E-state index is 12.8. The van der Waals surface area contributed by atoms with Crippen LogP contribution in [0.5, 0.6) is 5.75 Å². The predicted octanol–water partition coefficient (Wildman–Crippen LogP) is 3.35. The molecular formula is C22H25N5O3S. The van der Waals surface area contributed by atoms with Gasteiger partial charge in [0.1, 0.15) is 12.1 Å². The van der Waals surface area contributed by atoms with Crippen molar-refractivity contribution in [1.29, 1.82) is 0 Å². The van der Waals surface area contributed by atoms with Crippen LogP contribution < -0.4 is 15.4 Å². The summed E-state index contributed by atoms with van der Waals surface area (Å²) in [5.41, 5.74) is 3.00. The Balaban J connectivity index is 1.62. The van der Waals surface area contributed by atoms with Crippen LogP contribution in [0.1, 0.15) is 34.5 Å². The Labute approximate surface area is 185 Å². The molecule has 0 aliphatic rings. The molecule has 3 aromatic rings. The van der Waals surface area contributed by atoms with E-state index in [0.29, 0.717) is 16.4 Å². The summed E-state index contributed by atoms with van der Waals surface area (Å²) in [5, 5.41) is 14.2. The van der Waals surface area contributed by atoms with Crippen LogP contribution >= 0.6 is 11.8 Å². The highest BCUT2D eigenvalue weighted by atomic mass is 32.2. The Morgan fingerprint density at radius 1 is 1.23 bits per heavy atom. The highest BCUT2D eigenvalue weighted by molar-refractivity contribution is 7.99. The number of aryl methyl sites for hydroxylation is 2. The molecule has 1 heterocycles. The smallest absolute Gasteiger partial charge is 0.251 e. The lowest BCUT2D eigenvalue weighted by Gasteiger charge is -2.18. The zero-order valence-electron chi connectivity index (χ0n) is 17.9. The topological polar surface area (TPSA) is 98.1 Å². The van der Waals surface area contributed by atoms with Crippen molar-refractivity contribution in [1.82, 2.24) is 20.1 Å². The third-order valence-corrected chi connectivity index (χ3v) is 5.64. The number of carbonyl (C=O) groups is 2. The predicted molar refractivity (Wildman–Crippen MR) is 120 cm³/mol. The molecule has 1 unspecified atom stereocenters. The monoisotopic (exact) mass is 439 g/mol. The van der Waals surface area contributed by atoms with Crippen LogP contribution in [0.25, 0.3) is 0 Å². The first kappa shape index (κ1) is 22.4. The molecule has 9 heteroatoms. The van der Waals surface area contributed by atoms with Crippen molar-refractivity contribution in [3.8, 4) is 5.75 Å². The van der Waals surface area contributed by atoms with Crippen molar-refractivity contribution in [3.05, 3.63) is 65.5 Å². The van der Waals surface area contributed by atoms with Crippen molar-refractivity contribution in [2.75, 3.05) is 18.2 Å². The highest BCUT2D eigenvalue weighted by Crippen LogP contribution is 2.26. The van der Waals surface area contributed by atoms with E-state index in [-0.39, 0.29) is 23.6 Å². The van der Waals surface area contributed by atoms with E-state index in [1.807, 2.05) is 39.1 Å². The number of anilines is 1. The second-order valence-corrected chi connectivity index (χ2v) is 8.03. The number of hydrogen-bond acceptors (Lipinski definition) is 6. The Hall–Kier alpha value is -3.33. The van der Waals surface area contributed by atoms with Crippen molar-refractivity contribution in [2.24, 2.45) is 7.05 Å². The lowest BCUT2D eigenvalue weighted by Crippen LogP contribution is -2.27. The SMILES string of the molecule is COc1ccc(C)cc1C(C)NC(=O)c1cccc(NC(=O)CSc2nncn2C)c1. The molecule has 0 aliphatic heterocycles. The van der Waals surface area contributed by atoms with E-state index in [0.717, 1.165) is 16.9 Å². The number of nitrogens with zero attached hydrogens (tertiary/aromatic N) is 3. The second kappa shape index (κ2) is 10.1. The molecule has 2 aromatic carbocycles. The third-order valence-electron chi connectivity index (χ3n) is 4.61. The fraction of sp³-hybridized carbons (Fsp3) is 0.273. The van der Waals surface area contributed by atoms with E-state index in [2.05, 4.69) is 20.8 Å². The van der Waals surface area contributed by atoms with Crippen LogP contribution in [-0.4, -0.2) is 39.4 Å². The molecule has 0 aliphatic carbocycles. The van der Waals surface area contributed by atoms with Crippen LogP contribution in [0.2, 0.25) is 0 Å². The summed E-state index contributed by atoms with van der Waals surface area (Å²) >= 11 is 1.29. The Kier molecular flexibility index (Phi) is 7.30. The normalized spacial score (nSPS) is 11.6. The number of hydrogen-bond donors (Lipinski definition) is 2. The van der Waals surface area contributed by atoms with Gasteiger partial charge in [-0.2, -0.15) is 0 Å². The van der Waals surface area contributed by atoms with Gasteiger partial charge in [-0.25, -0.2) is 0 Å². The zero-order valence-corrected chi connectivity index (χ0v) is 18.7. The number of amides is 2. The molecular weight excluding hydrogens is 414 g/mol. The quantitative estimate of drug-likeness (QED) is 0.523. The number of benzene rings is 2.